The lowest BCUT2D eigenvalue weighted by atomic mass is 10.1. The maximum absolute atomic E-state index is 12.6. The molecule has 2 unspecified atom stereocenters. The third kappa shape index (κ3) is 5.96. The first-order chi connectivity index (χ1) is 13.0. The van der Waals surface area contributed by atoms with Gasteiger partial charge in [-0.2, -0.15) is 43.0 Å². The summed E-state index contributed by atoms with van der Waals surface area (Å²) in [5.74, 6) is 0.185. The van der Waals surface area contributed by atoms with E-state index in [1.807, 2.05) is 0 Å². The molecule has 0 bridgehead atoms. The molecule has 0 saturated carbocycles. The summed E-state index contributed by atoms with van der Waals surface area (Å²) in [6.45, 7) is 0. The van der Waals surface area contributed by atoms with E-state index in [4.69, 9.17) is 0 Å². The van der Waals surface area contributed by atoms with Crippen molar-refractivity contribution >= 4 is 11.8 Å². The molecule has 0 saturated heterocycles. The predicted molar refractivity (Wildman–Crippen MR) is 93.7 cm³/mol. The molecule has 0 fully saturated rings. The van der Waals surface area contributed by atoms with E-state index in [1.54, 1.807) is 0 Å². The molecule has 1 N–H and O–H groups in total. The number of aliphatic hydroxyl groups is 1. The van der Waals surface area contributed by atoms with Gasteiger partial charge in [0.25, 0.3) is 0 Å². The molecule has 2 rings (SSSR count). The van der Waals surface area contributed by atoms with Crippen LogP contribution in [0.2, 0.25) is 0 Å². The van der Waals surface area contributed by atoms with Gasteiger partial charge in [-0.15, -0.1) is 0 Å². The van der Waals surface area contributed by atoms with Crippen LogP contribution in [0.25, 0.3) is 0 Å². The van der Waals surface area contributed by atoms with E-state index < -0.39 is 35.6 Å². The van der Waals surface area contributed by atoms with Crippen molar-refractivity contribution in [3.8, 4) is 0 Å². The number of benzene rings is 2. The summed E-state index contributed by atoms with van der Waals surface area (Å²) >= 11 is 1.12. The lowest BCUT2D eigenvalue weighted by molar-refractivity contribution is -0.138. The second-order valence-electron chi connectivity index (χ2n) is 5.91. The number of hydrogen-bond acceptors (Lipinski definition) is 4. The Morgan fingerprint density at radius 3 is 1.61 bits per heavy atom. The van der Waals surface area contributed by atoms with Crippen LogP contribution in [0.4, 0.5) is 26.3 Å². The number of hydrogen-bond donors (Lipinski definition) is 1. The fourth-order valence-corrected chi connectivity index (χ4v) is 3.39. The highest BCUT2D eigenvalue weighted by Crippen LogP contribution is 2.32. The number of thioether (sulfide) groups is 1. The van der Waals surface area contributed by atoms with Crippen molar-refractivity contribution in [1.82, 2.24) is 0 Å². The Kier molecular flexibility index (Phi) is 7.11. The van der Waals surface area contributed by atoms with Crippen molar-refractivity contribution in [3.63, 3.8) is 0 Å². The normalized spacial score (nSPS) is 14.5. The highest BCUT2D eigenvalue weighted by atomic mass is 32.2. The molecule has 0 radical (unpaired) electrons. The smallest absolute Gasteiger partial charge is 0.388 e. The summed E-state index contributed by atoms with van der Waals surface area (Å²) in [7, 11) is 0. The van der Waals surface area contributed by atoms with Crippen LogP contribution in [0.5, 0.6) is 0 Å². The van der Waals surface area contributed by atoms with Crippen molar-refractivity contribution in [2.24, 2.45) is 5.18 Å². The van der Waals surface area contributed by atoms with E-state index in [1.165, 1.54) is 24.3 Å². The van der Waals surface area contributed by atoms with Gasteiger partial charge < -0.3 is 5.11 Å². The standard InChI is InChI=1S/C18H15F6NO2S/c19-17(20,21)13-5-1-11(2-6-13)15(25-27)9-28-10-16(26)12-3-7-14(8-4-12)18(22,23)24/h1-8,15-16,26H,9-10H2. The van der Waals surface area contributed by atoms with Crippen LogP contribution in [0.1, 0.15) is 34.4 Å². The number of alkyl halides is 6. The zero-order valence-corrected chi connectivity index (χ0v) is 15.0. The summed E-state index contributed by atoms with van der Waals surface area (Å²) in [5.41, 5.74) is -1.08. The lowest BCUT2D eigenvalue weighted by Crippen LogP contribution is -2.08. The fraction of sp³-hybridized carbons (Fsp3) is 0.333. The van der Waals surface area contributed by atoms with Crippen molar-refractivity contribution in [2.75, 3.05) is 11.5 Å². The minimum absolute atomic E-state index is 0.0814. The maximum atomic E-state index is 12.6. The van der Waals surface area contributed by atoms with Gasteiger partial charge in [0.05, 0.1) is 17.2 Å². The molecule has 3 nitrogen and oxygen atoms in total. The van der Waals surface area contributed by atoms with Gasteiger partial charge in [0.2, 0.25) is 0 Å². The van der Waals surface area contributed by atoms with Crippen LogP contribution in [-0.2, 0) is 12.4 Å². The van der Waals surface area contributed by atoms with E-state index >= 15 is 0 Å². The number of rotatable bonds is 7. The van der Waals surface area contributed by atoms with Crippen molar-refractivity contribution < 1.29 is 31.4 Å². The third-order valence-corrected chi connectivity index (χ3v) is 5.03. The SMILES string of the molecule is O=NC(CSCC(O)c1ccc(C(F)(F)F)cc1)c1ccc(C(F)(F)F)cc1. The van der Waals surface area contributed by atoms with E-state index in [-0.39, 0.29) is 17.1 Å². The molecule has 0 spiro atoms. The lowest BCUT2D eigenvalue weighted by Gasteiger charge is -2.14. The van der Waals surface area contributed by atoms with Gasteiger partial charge in [-0.3, -0.25) is 0 Å². The minimum Gasteiger partial charge on any atom is -0.388 e. The Morgan fingerprint density at radius 1 is 0.786 bits per heavy atom. The highest BCUT2D eigenvalue weighted by Gasteiger charge is 2.31. The molecule has 2 atom stereocenters. The molecule has 2 aromatic carbocycles. The van der Waals surface area contributed by atoms with Crippen LogP contribution in [0, 0.1) is 4.91 Å². The maximum Gasteiger partial charge on any atom is 0.416 e. The van der Waals surface area contributed by atoms with Crippen molar-refractivity contribution in [3.05, 3.63) is 75.7 Å². The number of nitrogens with zero attached hydrogens (tertiary/aromatic N) is 1. The summed E-state index contributed by atoms with van der Waals surface area (Å²) in [6.07, 6.45) is -10.0. The first-order valence-electron chi connectivity index (χ1n) is 7.95. The fourth-order valence-electron chi connectivity index (χ4n) is 2.36. The molecule has 0 heterocycles. The summed E-state index contributed by atoms with van der Waals surface area (Å²) in [5, 5.41) is 13.0. The molecule has 0 aliphatic rings. The van der Waals surface area contributed by atoms with Gasteiger partial charge >= 0.3 is 12.4 Å². The largest absolute Gasteiger partial charge is 0.416 e. The Hall–Kier alpha value is -2.07. The first kappa shape index (κ1) is 22.2. The third-order valence-electron chi connectivity index (χ3n) is 3.92. The monoisotopic (exact) mass is 423 g/mol. The zero-order chi connectivity index (χ0) is 20.9. The molecule has 2 aromatic rings. The average Bonchev–Trinajstić information content (AvgIpc) is 2.64. The molecule has 0 aliphatic heterocycles. The van der Waals surface area contributed by atoms with Crippen LogP contribution in [0.3, 0.4) is 0 Å². The van der Waals surface area contributed by atoms with Gasteiger partial charge in [0.15, 0.2) is 0 Å². The Bertz CT molecular complexity index is 775. The second kappa shape index (κ2) is 8.95. The second-order valence-corrected chi connectivity index (χ2v) is 6.99. The molecule has 0 aromatic heterocycles. The van der Waals surface area contributed by atoms with Gasteiger partial charge in [0.1, 0.15) is 6.04 Å². The average molecular weight is 423 g/mol. The van der Waals surface area contributed by atoms with Gasteiger partial charge in [-0.1, -0.05) is 29.4 Å². The summed E-state index contributed by atoms with van der Waals surface area (Å²) < 4.78 is 75.3. The van der Waals surface area contributed by atoms with Crippen molar-refractivity contribution in [1.29, 1.82) is 0 Å². The van der Waals surface area contributed by atoms with Crippen molar-refractivity contribution in [2.45, 2.75) is 24.5 Å². The number of aliphatic hydroxyl groups excluding tert-OH is 1. The minimum atomic E-state index is -4.48. The molecular weight excluding hydrogens is 408 g/mol. The zero-order valence-electron chi connectivity index (χ0n) is 14.2. The number of nitroso groups, excluding NO2 is 1. The molecule has 28 heavy (non-hydrogen) atoms. The molecule has 152 valence electrons. The Morgan fingerprint density at radius 2 is 1.21 bits per heavy atom. The molecule has 0 amide bonds. The van der Waals surface area contributed by atoms with Gasteiger partial charge in [0, 0.05) is 11.5 Å². The van der Waals surface area contributed by atoms with E-state index in [0.29, 0.717) is 5.56 Å². The quantitative estimate of drug-likeness (QED) is 0.439. The Labute approximate surface area is 160 Å². The molecule has 10 heteroatoms. The van der Waals surface area contributed by atoms with E-state index in [9.17, 15) is 36.4 Å². The molecular formula is C18H15F6NO2S. The topological polar surface area (TPSA) is 49.7 Å². The predicted octanol–water partition coefficient (Wildman–Crippen LogP) is 6.00. The summed E-state index contributed by atoms with van der Waals surface area (Å²) in [4.78, 5) is 11.0. The van der Waals surface area contributed by atoms with Gasteiger partial charge in [-0.25, -0.2) is 0 Å². The number of halogens is 6. The van der Waals surface area contributed by atoms with Crippen LogP contribution >= 0.6 is 11.8 Å². The first-order valence-corrected chi connectivity index (χ1v) is 9.10. The van der Waals surface area contributed by atoms with Crippen LogP contribution in [0.15, 0.2) is 53.7 Å². The van der Waals surface area contributed by atoms with Gasteiger partial charge in [-0.05, 0) is 35.4 Å². The van der Waals surface area contributed by atoms with E-state index in [2.05, 4.69) is 5.18 Å². The Balaban J connectivity index is 1.92. The van der Waals surface area contributed by atoms with E-state index in [0.717, 1.165) is 36.0 Å². The summed E-state index contributed by atoms with van der Waals surface area (Å²) in [6, 6.07) is 7.20. The van der Waals surface area contributed by atoms with Crippen LogP contribution in [-0.4, -0.2) is 16.6 Å². The highest BCUT2D eigenvalue weighted by molar-refractivity contribution is 7.99. The van der Waals surface area contributed by atoms with Crippen LogP contribution < -0.4 is 0 Å². The molecule has 0 aliphatic carbocycles.